The van der Waals surface area contributed by atoms with Gasteiger partial charge < -0.3 is 4.74 Å². The number of aromatic nitrogens is 1. The fourth-order valence-electron chi connectivity index (χ4n) is 3.89. The smallest absolute Gasteiger partial charge is 0.268 e. The molecule has 0 bridgehead atoms. The molecule has 0 aliphatic carbocycles. The van der Waals surface area contributed by atoms with Crippen LogP contribution in [0.2, 0.25) is 0 Å². The Bertz CT molecular complexity index is 1570. The van der Waals surface area contributed by atoms with Gasteiger partial charge in [0, 0.05) is 5.56 Å². The first-order valence-corrected chi connectivity index (χ1v) is 13.0. The van der Waals surface area contributed by atoms with Gasteiger partial charge in [-0.2, -0.15) is 0 Å². The lowest BCUT2D eigenvalue weighted by molar-refractivity contribution is 0.310. The molecule has 1 aromatic heterocycles. The summed E-state index contributed by atoms with van der Waals surface area (Å²) in [5.41, 5.74) is 2.56. The molecular formula is C27H19FINO3S. The summed E-state index contributed by atoms with van der Waals surface area (Å²) >= 11 is 2.15. The van der Waals surface area contributed by atoms with Crippen molar-refractivity contribution in [1.82, 2.24) is 3.97 Å². The van der Waals surface area contributed by atoms with Crippen molar-refractivity contribution in [3.05, 3.63) is 118 Å². The zero-order valence-corrected chi connectivity index (χ0v) is 20.8. The van der Waals surface area contributed by atoms with Crippen molar-refractivity contribution in [1.29, 1.82) is 0 Å². The predicted molar refractivity (Wildman–Crippen MR) is 140 cm³/mol. The van der Waals surface area contributed by atoms with Gasteiger partial charge in [-0.25, -0.2) is 16.8 Å². The van der Waals surface area contributed by atoms with Gasteiger partial charge in [-0.3, -0.25) is 0 Å². The van der Waals surface area contributed by atoms with Gasteiger partial charge in [-0.1, -0.05) is 54.6 Å². The maximum Gasteiger partial charge on any atom is 0.268 e. The van der Waals surface area contributed by atoms with Gasteiger partial charge in [0.15, 0.2) is 0 Å². The summed E-state index contributed by atoms with van der Waals surface area (Å²) in [4.78, 5) is 0.169. The minimum Gasteiger partial charge on any atom is -0.488 e. The van der Waals surface area contributed by atoms with E-state index < -0.39 is 10.0 Å². The second-order valence-electron chi connectivity index (χ2n) is 7.68. The molecule has 34 heavy (non-hydrogen) atoms. The Balaban J connectivity index is 1.75. The molecule has 0 saturated heterocycles. The van der Waals surface area contributed by atoms with Crippen LogP contribution in [0.4, 0.5) is 4.39 Å². The molecule has 1 heterocycles. The summed E-state index contributed by atoms with van der Waals surface area (Å²) in [6.07, 6.45) is 0. The van der Waals surface area contributed by atoms with Gasteiger partial charge >= 0.3 is 0 Å². The van der Waals surface area contributed by atoms with E-state index in [4.69, 9.17) is 4.74 Å². The largest absolute Gasteiger partial charge is 0.488 e. The van der Waals surface area contributed by atoms with Crippen LogP contribution in [0, 0.1) is 9.39 Å². The first-order valence-electron chi connectivity index (χ1n) is 10.5. The van der Waals surface area contributed by atoms with E-state index in [0.717, 1.165) is 5.56 Å². The van der Waals surface area contributed by atoms with Crippen LogP contribution in [-0.4, -0.2) is 12.4 Å². The Morgan fingerprint density at radius 3 is 2.12 bits per heavy atom. The molecule has 5 rings (SSSR count). The molecule has 0 saturated carbocycles. The van der Waals surface area contributed by atoms with E-state index in [1.54, 1.807) is 54.6 Å². The van der Waals surface area contributed by atoms with Crippen molar-refractivity contribution >= 4 is 43.5 Å². The van der Waals surface area contributed by atoms with Crippen molar-refractivity contribution < 1.29 is 17.5 Å². The highest BCUT2D eigenvalue weighted by molar-refractivity contribution is 14.1. The standard InChI is InChI=1S/C27H19FINO3S/c28-21-16-14-20(15-17-21)27-26(29)25-23(30(27)34(31,32)22-10-5-2-6-11-22)12-7-13-24(25)33-18-19-8-3-1-4-9-19/h1-17H,18H2. The summed E-state index contributed by atoms with van der Waals surface area (Å²) in [6.45, 7) is 0.346. The molecular weight excluding hydrogens is 564 g/mol. The summed E-state index contributed by atoms with van der Waals surface area (Å²) in [7, 11) is -3.95. The van der Waals surface area contributed by atoms with Crippen LogP contribution in [-0.2, 0) is 16.6 Å². The van der Waals surface area contributed by atoms with Gasteiger partial charge in [0.05, 0.1) is 25.1 Å². The molecule has 0 atom stereocenters. The SMILES string of the molecule is O=S(=O)(c1ccccc1)n1c(-c2ccc(F)cc2)c(I)c2c(OCc3ccccc3)cccc21. The molecule has 0 radical (unpaired) electrons. The monoisotopic (exact) mass is 583 g/mol. The predicted octanol–water partition coefficient (Wildman–Crippen LogP) is 6.87. The van der Waals surface area contributed by atoms with Crippen molar-refractivity contribution in [3.63, 3.8) is 0 Å². The normalized spacial score (nSPS) is 11.6. The number of fused-ring (bicyclic) bond motifs is 1. The molecule has 5 aromatic rings. The molecule has 0 unspecified atom stereocenters. The quantitative estimate of drug-likeness (QED) is 0.205. The Kier molecular flexibility index (Phi) is 6.14. The number of ether oxygens (including phenoxy) is 1. The molecule has 7 heteroatoms. The third-order valence-corrected chi connectivity index (χ3v) is 8.27. The summed E-state index contributed by atoms with van der Waals surface area (Å²) in [5.74, 6) is 0.190. The maximum absolute atomic E-state index is 13.9. The zero-order chi connectivity index (χ0) is 23.7. The van der Waals surface area contributed by atoms with Crippen LogP contribution >= 0.6 is 22.6 Å². The third kappa shape index (κ3) is 4.10. The van der Waals surface area contributed by atoms with Crippen molar-refractivity contribution in [3.8, 4) is 17.0 Å². The van der Waals surface area contributed by atoms with Crippen LogP contribution in [0.1, 0.15) is 5.56 Å². The van der Waals surface area contributed by atoms with E-state index in [1.165, 1.54) is 16.1 Å². The highest BCUT2D eigenvalue weighted by Crippen LogP contribution is 2.41. The van der Waals surface area contributed by atoms with Gasteiger partial charge in [0.2, 0.25) is 0 Å². The van der Waals surface area contributed by atoms with Crippen LogP contribution < -0.4 is 4.74 Å². The lowest BCUT2D eigenvalue weighted by Gasteiger charge is -2.13. The molecule has 0 aliphatic heterocycles. The fourth-order valence-corrected chi connectivity index (χ4v) is 6.71. The van der Waals surface area contributed by atoms with E-state index in [9.17, 15) is 12.8 Å². The van der Waals surface area contributed by atoms with E-state index in [0.29, 0.717) is 38.1 Å². The zero-order valence-electron chi connectivity index (χ0n) is 17.9. The molecule has 4 aromatic carbocycles. The van der Waals surface area contributed by atoms with Crippen LogP contribution in [0.25, 0.3) is 22.2 Å². The Labute approximate surface area is 210 Å². The maximum atomic E-state index is 13.9. The third-order valence-electron chi connectivity index (χ3n) is 5.49. The van der Waals surface area contributed by atoms with Gasteiger partial charge in [-0.05, 0) is 76.7 Å². The number of hydrogen-bond acceptors (Lipinski definition) is 3. The average molecular weight is 583 g/mol. The molecule has 0 fully saturated rings. The Hall–Kier alpha value is -3.17. The van der Waals surface area contributed by atoms with Gasteiger partial charge in [0.25, 0.3) is 10.0 Å². The second-order valence-corrected chi connectivity index (χ2v) is 10.5. The summed E-state index contributed by atoms with van der Waals surface area (Å²) in [6, 6.07) is 29.3. The molecule has 0 aliphatic rings. The minimum absolute atomic E-state index is 0.169. The van der Waals surface area contributed by atoms with E-state index >= 15 is 0 Å². The molecule has 0 N–H and O–H groups in total. The number of hydrogen-bond donors (Lipinski definition) is 0. The number of halogens is 2. The molecule has 0 spiro atoms. The summed E-state index contributed by atoms with van der Waals surface area (Å²) < 4.78 is 49.6. The lowest BCUT2D eigenvalue weighted by atomic mass is 10.1. The van der Waals surface area contributed by atoms with Crippen LogP contribution in [0.3, 0.4) is 0 Å². The Morgan fingerprint density at radius 1 is 0.794 bits per heavy atom. The van der Waals surface area contributed by atoms with Crippen molar-refractivity contribution in [2.24, 2.45) is 0 Å². The summed E-state index contributed by atoms with van der Waals surface area (Å²) in [5, 5.41) is 0.692. The molecule has 0 amide bonds. The number of nitrogens with zero attached hydrogens (tertiary/aromatic N) is 1. The average Bonchev–Trinajstić information content (AvgIpc) is 3.18. The minimum atomic E-state index is -3.95. The van der Waals surface area contributed by atoms with Gasteiger partial charge in [0.1, 0.15) is 18.2 Å². The van der Waals surface area contributed by atoms with Gasteiger partial charge in [-0.15, -0.1) is 0 Å². The van der Waals surface area contributed by atoms with Crippen molar-refractivity contribution in [2.45, 2.75) is 11.5 Å². The fraction of sp³-hybridized carbons (Fsp3) is 0.0370. The number of benzene rings is 4. The van der Waals surface area contributed by atoms with E-state index in [-0.39, 0.29) is 10.7 Å². The first-order chi connectivity index (χ1) is 16.5. The highest BCUT2D eigenvalue weighted by Gasteiger charge is 2.28. The van der Waals surface area contributed by atoms with Crippen LogP contribution in [0.5, 0.6) is 5.75 Å². The highest BCUT2D eigenvalue weighted by atomic mass is 127. The molecule has 4 nitrogen and oxygen atoms in total. The number of rotatable bonds is 6. The Morgan fingerprint density at radius 2 is 1.44 bits per heavy atom. The topological polar surface area (TPSA) is 48.3 Å². The van der Waals surface area contributed by atoms with E-state index in [2.05, 4.69) is 22.6 Å². The molecule has 170 valence electrons. The van der Waals surface area contributed by atoms with E-state index in [1.807, 2.05) is 36.4 Å². The van der Waals surface area contributed by atoms with Crippen molar-refractivity contribution in [2.75, 3.05) is 0 Å². The van der Waals surface area contributed by atoms with Crippen LogP contribution in [0.15, 0.2) is 108 Å². The first kappa shape index (κ1) is 22.6. The second kappa shape index (κ2) is 9.23. The lowest BCUT2D eigenvalue weighted by Crippen LogP contribution is -2.14.